The van der Waals surface area contributed by atoms with Gasteiger partial charge in [0.05, 0.1) is 6.57 Å². The summed E-state index contributed by atoms with van der Waals surface area (Å²) in [6.45, 7) is 14.5. The van der Waals surface area contributed by atoms with Crippen molar-refractivity contribution in [2.45, 2.75) is 51.7 Å². The van der Waals surface area contributed by atoms with Crippen molar-refractivity contribution in [3.8, 4) is 17.9 Å². The maximum absolute atomic E-state index is 9.60. The summed E-state index contributed by atoms with van der Waals surface area (Å²) in [4.78, 5) is 8.11. The van der Waals surface area contributed by atoms with E-state index in [9.17, 15) is 15.6 Å². The van der Waals surface area contributed by atoms with E-state index in [1.165, 1.54) is 0 Å². The van der Waals surface area contributed by atoms with Crippen molar-refractivity contribution in [1.29, 1.82) is 10.5 Å². The number of aliphatic hydroxyl groups excluding tert-OH is 1. The quantitative estimate of drug-likeness (QED) is 0.0708. The van der Waals surface area contributed by atoms with Crippen molar-refractivity contribution in [2.24, 2.45) is 0 Å². The van der Waals surface area contributed by atoms with Crippen LogP contribution in [0.1, 0.15) is 66.0 Å². The van der Waals surface area contributed by atoms with Crippen molar-refractivity contribution in [2.75, 3.05) is 24.6 Å². The number of allylic oxidation sites excluding steroid dienone is 1. The Hall–Kier alpha value is -5.85. The Bertz CT molecular complexity index is 2060. The lowest BCUT2D eigenvalue weighted by Crippen LogP contribution is -2.25. The molecule has 0 saturated carbocycles. The van der Waals surface area contributed by atoms with Gasteiger partial charge in [0.1, 0.15) is 30.1 Å². The van der Waals surface area contributed by atoms with E-state index < -0.39 is 5.60 Å². The van der Waals surface area contributed by atoms with Gasteiger partial charge in [0.2, 0.25) is 5.70 Å². The minimum atomic E-state index is -1.06. The van der Waals surface area contributed by atoms with E-state index in [1.807, 2.05) is 91.9 Å². The zero-order chi connectivity index (χ0) is 36.8. The molecule has 1 aromatic heterocycles. The summed E-state index contributed by atoms with van der Waals surface area (Å²) in [6, 6.07) is 33.9. The van der Waals surface area contributed by atoms with Gasteiger partial charge in [0, 0.05) is 52.3 Å². The van der Waals surface area contributed by atoms with E-state index in [0.717, 1.165) is 76.7 Å². The van der Waals surface area contributed by atoms with Gasteiger partial charge in [0.15, 0.2) is 11.3 Å². The Morgan fingerprint density at radius 1 is 0.904 bits per heavy atom. The molecule has 5 rings (SSSR count). The predicted molar refractivity (Wildman–Crippen MR) is 210 cm³/mol. The van der Waals surface area contributed by atoms with E-state index >= 15 is 0 Å². The summed E-state index contributed by atoms with van der Waals surface area (Å²) in [5.41, 5.74) is 3.44. The van der Waals surface area contributed by atoms with E-state index in [1.54, 1.807) is 11.3 Å². The molecule has 1 atom stereocenters. The van der Waals surface area contributed by atoms with E-state index in [-0.39, 0.29) is 23.6 Å². The summed E-state index contributed by atoms with van der Waals surface area (Å²) in [7, 11) is 0. The number of aliphatic hydroxyl groups is 1. The number of nitrogens with zero attached hydrogens (tertiary/aromatic N) is 4. The van der Waals surface area contributed by atoms with Gasteiger partial charge in [-0.3, -0.25) is 0 Å². The maximum atomic E-state index is 9.60. The van der Waals surface area contributed by atoms with Crippen LogP contribution in [0.3, 0.4) is 0 Å². The summed E-state index contributed by atoms with van der Waals surface area (Å²) in [5.74, 6) is 0.812. The van der Waals surface area contributed by atoms with Crippen molar-refractivity contribution in [3.05, 3.63) is 158 Å². The van der Waals surface area contributed by atoms with Gasteiger partial charge in [-0.1, -0.05) is 80.1 Å². The predicted octanol–water partition coefficient (Wildman–Crippen LogP) is 10.3. The Morgan fingerprint density at radius 3 is 2.23 bits per heavy atom. The highest BCUT2D eigenvalue weighted by molar-refractivity contribution is 7.13. The number of hydrogen-bond donors (Lipinski definition) is 1. The van der Waals surface area contributed by atoms with Crippen LogP contribution in [0.4, 0.5) is 5.69 Å². The fourth-order valence-corrected chi connectivity index (χ4v) is 6.82. The van der Waals surface area contributed by atoms with Gasteiger partial charge >= 0.3 is 0 Å². The first kappa shape index (κ1) is 37.4. The van der Waals surface area contributed by atoms with Gasteiger partial charge in [-0.2, -0.15) is 10.5 Å². The second-order valence-corrected chi connectivity index (χ2v) is 13.6. The molecule has 7 nitrogen and oxygen atoms in total. The molecule has 0 amide bonds. The molecule has 2 heterocycles. The van der Waals surface area contributed by atoms with Crippen LogP contribution in [0.2, 0.25) is 0 Å². The molecule has 1 unspecified atom stereocenters. The molecule has 4 aromatic rings. The smallest absolute Gasteiger partial charge is 0.237 e. The number of unbranched alkanes of at least 4 members (excludes halogenated alkanes) is 2. The van der Waals surface area contributed by atoms with Crippen molar-refractivity contribution >= 4 is 35.3 Å². The number of rotatable bonds is 16. The normalized spacial score (nSPS) is 15.3. The van der Waals surface area contributed by atoms with Crippen LogP contribution < -0.4 is 9.64 Å². The molecular weight excluding hydrogens is 665 g/mol. The van der Waals surface area contributed by atoms with Crippen LogP contribution in [0.25, 0.3) is 23.1 Å². The summed E-state index contributed by atoms with van der Waals surface area (Å²) >= 11 is 1.60. The first-order valence-corrected chi connectivity index (χ1v) is 18.3. The fourth-order valence-electron chi connectivity index (χ4n) is 6.01. The molecule has 262 valence electrons. The Morgan fingerprint density at radius 2 is 1.58 bits per heavy atom. The molecule has 0 aliphatic carbocycles. The van der Waals surface area contributed by atoms with E-state index in [2.05, 4.69) is 59.2 Å². The number of ether oxygens (including phenoxy) is 2. The number of anilines is 1. The third-order valence-electron chi connectivity index (χ3n) is 8.88. The van der Waals surface area contributed by atoms with Crippen LogP contribution in [-0.2, 0) is 16.9 Å². The van der Waals surface area contributed by atoms with Crippen LogP contribution in [0.5, 0.6) is 5.75 Å². The number of nitriles is 2. The lowest BCUT2D eigenvalue weighted by molar-refractivity contribution is 0.0755. The number of benzene rings is 3. The van der Waals surface area contributed by atoms with Crippen LogP contribution in [0, 0.1) is 29.2 Å². The lowest BCUT2D eigenvalue weighted by atomic mass is 9.87. The molecule has 0 saturated heterocycles. The highest BCUT2D eigenvalue weighted by Crippen LogP contribution is 2.48. The van der Waals surface area contributed by atoms with Gasteiger partial charge in [-0.05, 0) is 79.8 Å². The highest BCUT2D eigenvalue weighted by atomic mass is 32.1. The SMILES string of the molecule is [C-]#[N+]C1=C(/C=C/c2ccc(/C=C/c3ccc(N(CCCC)CCCCO)cc3OCc3ccccc3)s2)C(C)(c2ccccc2)OC1=C(C#N)C#N. The standard InChI is InChI=1S/C44H42N4O3S/c1-4-5-26-48(27-12-13-28-49)37-20-18-34(41(29-37)50-32-33-14-8-6-9-15-33)19-21-38-22-23-39(52-38)24-25-40-42(47-3)43(35(30-45)31-46)51-44(40,2)36-16-10-7-11-17-36/h6-11,14-25,29,49H,4-5,12-13,26-28,32H2,1-2H3/b21-19+,25-24+. The molecule has 0 radical (unpaired) electrons. The van der Waals surface area contributed by atoms with Crippen LogP contribution >= 0.6 is 11.3 Å². The van der Waals surface area contributed by atoms with Crippen molar-refractivity contribution in [1.82, 2.24) is 0 Å². The van der Waals surface area contributed by atoms with Crippen molar-refractivity contribution in [3.63, 3.8) is 0 Å². The van der Waals surface area contributed by atoms with E-state index in [0.29, 0.717) is 12.2 Å². The second-order valence-electron chi connectivity index (χ2n) is 12.5. The topological polar surface area (TPSA) is 93.9 Å². The molecule has 0 spiro atoms. The van der Waals surface area contributed by atoms with E-state index in [4.69, 9.17) is 16.0 Å². The average Bonchev–Trinajstić information content (AvgIpc) is 3.76. The zero-order valence-electron chi connectivity index (χ0n) is 29.6. The first-order valence-electron chi connectivity index (χ1n) is 17.5. The zero-order valence-corrected chi connectivity index (χ0v) is 30.4. The van der Waals surface area contributed by atoms with Crippen LogP contribution in [-0.4, -0.2) is 24.8 Å². The average molecular weight is 707 g/mol. The molecule has 0 bridgehead atoms. The van der Waals surface area contributed by atoms with Crippen molar-refractivity contribution < 1.29 is 14.6 Å². The summed E-state index contributed by atoms with van der Waals surface area (Å²) in [6.07, 6.45) is 11.8. The lowest BCUT2D eigenvalue weighted by Gasteiger charge is -2.28. The summed E-state index contributed by atoms with van der Waals surface area (Å²) < 4.78 is 12.7. The Kier molecular flexibility index (Phi) is 13.2. The fraction of sp³-hybridized carbons (Fsp3) is 0.250. The van der Waals surface area contributed by atoms with Gasteiger partial charge in [0.25, 0.3) is 0 Å². The Labute approximate surface area is 311 Å². The van der Waals surface area contributed by atoms with Gasteiger partial charge in [-0.15, -0.1) is 11.3 Å². The monoisotopic (exact) mass is 706 g/mol. The molecule has 1 aliphatic heterocycles. The largest absolute Gasteiger partial charge is 0.488 e. The molecule has 8 heteroatoms. The summed E-state index contributed by atoms with van der Waals surface area (Å²) in [5, 5.41) is 28.6. The first-order chi connectivity index (χ1) is 25.4. The maximum Gasteiger partial charge on any atom is 0.237 e. The third kappa shape index (κ3) is 9.08. The molecule has 52 heavy (non-hydrogen) atoms. The van der Waals surface area contributed by atoms with Gasteiger partial charge in [-0.25, -0.2) is 4.85 Å². The highest BCUT2D eigenvalue weighted by Gasteiger charge is 2.43. The number of thiophene rings is 1. The molecule has 3 aromatic carbocycles. The van der Waals surface area contributed by atoms with Crippen LogP contribution in [0.15, 0.2) is 120 Å². The van der Waals surface area contributed by atoms with Gasteiger partial charge < -0.3 is 19.5 Å². The molecule has 0 fully saturated rings. The molecule has 1 aliphatic rings. The molecular formula is C44H42N4O3S. The Balaban J connectivity index is 1.43. The minimum absolute atomic E-state index is 0.00996. The molecule has 1 N–H and O–H groups in total. The third-order valence-corrected chi connectivity index (χ3v) is 9.90. The minimum Gasteiger partial charge on any atom is -0.488 e. The number of hydrogen-bond acceptors (Lipinski definition) is 7. The second kappa shape index (κ2) is 18.4.